The Kier molecular flexibility index (Phi) is 4.35. The molecule has 3 aromatic rings. The van der Waals surface area contributed by atoms with Crippen molar-refractivity contribution >= 4 is 28.3 Å². The van der Waals surface area contributed by atoms with Crippen molar-refractivity contribution in [1.82, 2.24) is 15.5 Å². The Morgan fingerprint density at radius 2 is 2.04 bits per heavy atom. The fourth-order valence-corrected chi connectivity index (χ4v) is 3.44. The summed E-state index contributed by atoms with van der Waals surface area (Å²) in [5, 5.41) is 8.67. The third-order valence-corrected chi connectivity index (χ3v) is 4.83. The summed E-state index contributed by atoms with van der Waals surface area (Å²) >= 11 is 0. The molecule has 2 atom stereocenters. The van der Waals surface area contributed by atoms with E-state index in [1.165, 1.54) is 0 Å². The summed E-state index contributed by atoms with van der Waals surface area (Å²) in [6.07, 6.45) is 0.185. The number of amides is 2. The van der Waals surface area contributed by atoms with E-state index in [1.54, 1.807) is 18.7 Å². The van der Waals surface area contributed by atoms with Gasteiger partial charge < -0.3 is 14.7 Å². The first-order valence-corrected chi connectivity index (χ1v) is 8.91. The predicted octanol–water partition coefficient (Wildman–Crippen LogP) is 2.76. The van der Waals surface area contributed by atoms with Crippen LogP contribution >= 0.6 is 0 Å². The SMILES string of the molecule is Cc1noc([C@@H](C)NC(=O)[C@H]2CC(=O)N(c3cccc4ccccc34)C2)n1. The summed E-state index contributed by atoms with van der Waals surface area (Å²) < 4.78 is 5.10. The molecule has 1 N–H and O–H groups in total. The van der Waals surface area contributed by atoms with Gasteiger partial charge in [-0.15, -0.1) is 0 Å². The van der Waals surface area contributed by atoms with Gasteiger partial charge in [-0.3, -0.25) is 9.59 Å². The molecule has 7 heteroatoms. The third kappa shape index (κ3) is 3.28. The molecule has 0 unspecified atom stereocenters. The number of fused-ring (bicyclic) bond motifs is 1. The molecule has 1 saturated heterocycles. The van der Waals surface area contributed by atoms with Gasteiger partial charge in [0.2, 0.25) is 17.7 Å². The van der Waals surface area contributed by atoms with E-state index in [9.17, 15) is 9.59 Å². The number of aryl methyl sites for hydroxylation is 1. The summed E-state index contributed by atoms with van der Waals surface area (Å²) in [5.74, 6) is 0.227. The van der Waals surface area contributed by atoms with Gasteiger partial charge in [0.1, 0.15) is 6.04 Å². The van der Waals surface area contributed by atoms with Gasteiger partial charge in [0.25, 0.3) is 0 Å². The number of benzene rings is 2. The van der Waals surface area contributed by atoms with E-state index >= 15 is 0 Å². The van der Waals surface area contributed by atoms with Crippen molar-refractivity contribution in [3.63, 3.8) is 0 Å². The van der Waals surface area contributed by atoms with Crippen molar-refractivity contribution in [3.05, 3.63) is 54.2 Å². The number of hydrogen-bond acceptors (Lipinski definition) is 5. The molecule has 0 bridgehead atoms. The molecular weight excluding hydrogens is 344 g/mol. The number of aromatic nitrogens is 2. The van der Waals surface area contributed by atoms with Gasteiger partial charge in [-0.2, -0.15) is 4.98 Å². The highest BCUT2D eigenvalue weighted by molar-refractivity contribution is 6.07. The van der Waals surface area contributed by atoms with Crippen LogP contribution < -0.4 is 10.2 Å². The number of rotatable bonds is 4. The Hall–Kier alpha value is -3.22. The lowest BCUT2D eigenvalue weighted by atomic mass is 10.1. The zero-order chi connectivity index (χ0) is 19.0. The number of carbonyl (C=O) groups is 2. The standard InChI is InChI=1S/C20H20N4O3/c1-12(20-22-13(2)23-27-20)21-19(26)15-10-18(25)24(11-15)17-9-5-7-14-6-3-4-8-16(14)17/h3-9,12,15H,10-11H2,1-2H3,(H,21,26)/t12-,15+/m1/s1. The van der Waals surface area contributed by atoms with E-state index in [1.807, 2.05) is 42.5 Å². The van der Waals surface area contributed by atoms with Gasteiger partial charge in [-0.1, -0.05) is 41.6 Å². The van der Waals surface area contributed by atoms with Crippen LogP contribution in [-0.4, -0.2) is 28.5 Å². The van der Waals surface area contributed by atoms with Crippen LogP contribution in [0.1, 0.15) is 31.1 Å². The van der Waals surface area contributed by atoms with Crippen molar-refractivity contribution in [3.8, 4) is 0 Å². The van der Waals surface area contributed by atoms with Crippen LogP contribution in [0.2, 0.25) is 0 Å². The Morgan fingerprint density at radius 1 is 1.26 bits per heavy atom. The van der Waals surface area contributed by atoms with Gasteiger partial charge in [0.05, 0.1) is 11.6 Å². The minimum Gasteiger partial charge on any atom is -0.344 e. The molecule has 1 aromatic heterocycles. The molecular formula is C20H20N4O3. The van der Waals surface area contributed by atoms with Crippen molar-refractivity contribution in [1.29, 1.82) is 0 Å². The minimum atomic E-state index is -0.414. The van der Waals surface area contributed by atoms with E-state index in [0.29, 0.717) is 18.3 Å². The molecule has 7 nitrogen and oxygen atoms in total. The highest BCUT2D eigenvalue weighted by atomic mass is 16.5. The maximum atomic E-state index is 12.6. The largest absolute Gasteiger partial charge is 0.344 e. The van der Waals surface area contributed by atoms with Gasteiger partial charge in [0.15, 0.2) is 5.82 Å². The molecule has 1 aliphatic rings. The van der Waals surface area contributed by atoms with Crippen LogP contribution in [0.3, 0.4) is 0 Å². The number of anilines is 1. The molecule has 2 amide bonds. The number of carbonyl (C=O) groups excluding carboxylic acids is 2. The van der Waals surface area contributed by atoms with Crippen LogP contribution in [0.5, 0.6) is 0 Å². The first kappa shape index (κ1) is 17.2. The molecule has 4 rings (SSSR count). The Morgan fingerprint density at radius 3 is 2.81 bits per heavy atom. The predicted molar refractivity (Wildman–Crippen MR) is 100 cm³/mol. The topological polar surface area (TPSA) is 88.3 Å². The molecule has 0 radical (unpaired) electrons. The van der Waals surface area contributed by atoms with E-state index in [0.717, 1.165) is 16.5 Å². The first-order chi connectivity index (χ1) is 13.0. The molecule has 0 saturated carbocycles. The molecule has 2 aromatic carbocycles. The van der Waals surface area contributed by atoms with Crippen molar-refractivity contribution in [2.75, 3.05) is 11.4 Å². The molecule has 1 fully saturated rings. The number of nitrogens with zero attached hydrogens (tertiary/aromatic N) is 3. The van der Waals surface area contributed by atoms with Gasteiger partial charge in [-0.25, -0.2) is 0 Å². The molecule has 2 heterocycles. The maximum Gasteiger partial charge on any atom is 0.248 e. The second-order valence-corrected chi connectivity index (χ2v) is 6.81. The average Bonchev–Trinajstić information content (AvgIpc) is 3.27. The molecule has 0 spiro atoms. The highest BCUT2D eigenvalue weighted by Crippen LogP contribution is 2.31. The van der Waals surface area contributed by atoms with E-state index < -0.39 is 12.0 Å². The first-order valence-electron chi connectivity index (χ1n) is 8.91. The third-order valence-electron chi connectivity index (χ3n) is 4.83. The van der Waals surface area contributed by atoms with Crippen LogP contribution in [0.15, 0.2) is 47.0 Å². The summed E-state index contributed by atoms with van der Waals surface area (Å²) in [4.78, 5) is 31.1. The lowest BCUT2D eigenvalue weighted by Crippen LogP contribution is -2.34. The average molecular weight is 364 g/mol. The lowest BCUT2D eigenvalue weighted by molar-refractivity contribution is -0.127. The Labute approximate surface area is 156 Å². The summed E-state index contributed by atoms with van der Waals surface area (Å²) in [7, 11) is 0. The smallest absolute Gasteiger partial charge is 0.248 e. The highest BCUT2D eigenvalue weighted by Gasteiger charge is 2.36. The molecule has 1 aliphatic heterocycles. The summed E-state index contributed by atoms with van der Waals surface area (Å²) in [6, 6.07) is 13.4. The summed E-state index contributed by atoms with van der Waals surface area (Å²) in [6.45, 7) is 3.86. The second-order valence-electron chi connectivity index (χ2n) is 6.81. The fraction of sp³-hybridized carbons (Fsp3) is 0.300. The Balaban J connectivity index is 1.51. The van der Waals surface area contributed by atoms with E-state index in [2.05, 4.69) is 15.5 Å². The normalized spacial score (nSPS) is 18.1. The quantitative estimate of drug-likeness (QED) is 0.769. The molecule has 138 valence electrons. The van der Waals surface area contributed by atoms with Gasteiger partial charge in [0, 0.05) is 18.4 Å². The van der Waals surface area contributed by atoms with Crippen LogP contribution in [0.25, 0.3) is 10.8 Å². The van der Waals surface area contributed by atoms with Crippen molar-refractivity contribution in [2.45, 2.75) is 26.3 Å². The number of nitrogens with one attached hydrogen (secondary N) is 1. The Bertz CT molecular complexity index is 1010. The van der Waals surface area contributed by atoms with Crippen molar-refractivity contribution in [2.24, 2.45) is 5.92 Å². The van der Waals surface area contributed by atoms with E-state index in [-0.39, 0.29) is 18.2 Å². The molecule has 27 heavy (non-hydrogen) atoms. The minimum absolute atomic E-state index is 0.0483. The van der Waals surface area contributed by atoms with Gasteiger partial charge in [-0.05, 0) is 25.3 Å². The molecule has 0 aliphatic carbocycles. The zero-order valence-electron chi connectivity index (χ0n) is 15.2. The van der Waals surface area contributed by atoms with Crippen LogP contribution in [-0.2, 0) is 9.59 Å². The van der Waals surface area contributed by atoms with Crippen molar-refractivity contribution < 1.29 is 14.1 Å². The van der Waals surface area contributed by atoms with Gasteiger partial charge >= 0.3 is 0 Å². The fourth-order valence-electron chi connectivity index (χ4n) is 3.44. The summed E-state index contributed by atoms with van der Waals surface area (Å²) in [5.41, 5.74) is 0.842. The van der Waals surface area contributed by atoms with Crippen LogP contribution in [0, 0.1) is 12.8 Å². The zero-order valence-corrected chi connectivity index (χ0v) is 15.2. The monoisotopic (exact) mass is 364 g/mol. The number of hydrogen-bond donors (Lipinski definition) is 1. The maximum absolute atomic E-state index is 12.6. The second kappa shape index (κ2) is 6.83. The lowest BCUT2D eigenvalue weighted by Gasteiger charge is -2.19. The van der Waals surface area contributed by atoms with E-state index in [4.69, 9.17) is 4.52 Å². The van der Waals surface area contributed by atoms with Crippen LogP contribution in [0.4, 0.5) is 5.69 Å².